The molecular formula is C13H10N2OS. The maximum absolute atomic E-state index is 11.1. The van der Waals surface area contributed by atoms with Crippen LogP contribution in [-0.2, 0) is 7.05 Å². The summed E-state index contributed by atoms with van der Waals surface area (Å²) < 4.78 is 2.96. The highest BCUT2D eigenvalue weighted by Crippen LogP contribution is 2.33. The zero-order valence-corrected chi connectivity index (χ0v) is 10.1. The molecule has 3 aromatic rings. The van der Waals surface area contributed by atoms with E-state index < -0.39 is 0 Å². The van der Waals surface area contributed by atoms with Crippen LogP contribution in [-0.4, -0.2) is 15.8 Å². The van der Waals surface area contributed by atoms with Crippen molar-refractivity contribution in [2.24, 2.45) is 7.05 Å². The number of carbonyl (C=O) groups excluding carboxylic acids is 1. The lowest BCUT2D eigenvalue weighted by Gasteiger charge is -1.97. The first kappa shape index (κ1) is 10.2. The molecule has 0 N–H and O–H groups in total. The van der Waals surface area contributed by atoms with E-state index in [1.165, 1.54) is 4.70 Å². The lowest BCUT2D eigenvalue weighted by atomic mass is 10.1. The zero-order chi connectivity index (χ0) is 11.8. The summed E-state index contributed by atoms with van der Waals surface area (Å²) in [6.07, 6.45) is 2.53. The number of imidazole rings is 1. The van der Waals surface area contributed by atoms with E-state index in [0.717, 1.165) is 22.9 Å². The molecule has 0 atom stereocenters. The van der Waals surface area contributed by atoms with Crippen molar-refractivity contribution in [3.63, 3.8) is 0 Å². The average Bonchev–Trinajstić information content (AvgIpc) is 2.92. The van der Waals surface area contributed by atoms with Crippen molar-refractivity contribution in [3.05, 3.63) is 41.7 Å². The molecule has 0 radical (unpaired) electrons. The Bertz CT molecular complexity index is 696. The summed E-state index contributed by atoms with van der Waals surface area (Å²) in [5, 5.41) is 3.21. The molecule has 84 valence electrons. The van der Waals surface area contributed by atoms with Crippen LogP contribution >= 0.6 is 11.3 Å². The van der Waals surface area contributed by atoms with Gasteiger partial charge in [-0.15, -0.1) is 11.3 Å². The van der Waals surface area contributed by atoms with Crippen molar-refractivity contribution < 1.29 is 4.79 Å². The molecule has 0 spiro atoms. The van der Waals surface area contributed by atoms with Gasteiger partial charge >= 0.3 is 0 Å². The third-order valence-electron chi connectivity index (χ3n) is 2.83. The molecule has 0 fully saturated rings. The third kappa shape index (κ3) is 1.49. The first-order valence-corrected chi connectivity index (χ1v) is 6.12. The van der Waals surface area contributed by atoms with Gasteiger partial charge in [0, 0.05) is 28.1 Å². The predicted molar refractivity (Wildman–Crippen MR) is 69.4 cm³/mol. The predicted octanol–water partition coefficient (Wildman–Crippen LogP) is 3.11. The van der Waals surface area contributed by atoms with Crippen LogP contribution in [0, 0.1) is 0 Å². The molecule has 17 heavy (non-hydrogen) atoms. The fraction of sp³-hybridized carbons (Fsp3) is 0.0769. The van der Waals surface area contributed by atoms with Crippen LogP contribution in [0.1, 0.15) is 10.5 Å². The molecule has 0 saturated carbocycles. The highest BCUT2D eigenvalue weighted by molar-refractivity contribution is 7.17. The van der Waals surface area contributed by atoms with Crippen molar-refractivity contribution >= 4 is 27.7 Å². The minimum Gasteiger partial charge on any atom is -0.331 e. The van der Waals surface area contributed by atoms with E-state index in [0.29, 0.717) is 5.69 Å². The van der Waals surface area contributed by atoms with Gasteiger partial charge in [-0.3, -0.25) is 4.79 Å². The summed E-state index contributed by atoms with van der Waals surface area (Å²) in [7, 11) is 1.83. The smallest absolute Gasteiger partial charge is 0.168 e. The number of aryl methyl sites for hydroxylation is 1. The molecule has 4 heteroatoms. The van der Waals surface area contributed by atoms with E-state index in [2.05, 4.69) is 22.5 Å². The second-order valence-electron chi connectivity index (χ2n) is 3.85. The fourth-order valence-corrected chi connectivity index (χ4v) is 2.89. The second-order valence-corrected chi connectivity index (χ2v) is 4.76. The number of aromatic nitrogens is 2. The molecule has 0 bridgehead atoms. The van der Waals surface area contributed by atoms with E-state index >= 15 is 0 Å². The molecule has 2 heterocycles. The molecule has 2 aromatic heterocycles. The summed E-state index contributed by atoms with van der Waals surface area (Å²) in [5.74, 6) is 0. The van der Waals surface area contributed by atoms with Crippen molar-refractivity contribution in [1.82, 2.24) is 9.55 Å². The first-order chi connectivity index (χ1) is 8.31. The Morgan fingerprint density at radius 2 is 2.18 bits per heavy atom. The van der Waals surface area contributed by atoms with Crippen molar-refractivity contribution in [2.75, 3.05) is 0 Å². The van der Waals surface area contributed by atoms with E-state index in [4.69, 9.17) is 0 Å². The van der Waals surface area contributed by atoms with Crippen LogP contribution in [0.4, 0.5) is 0 Å². The molecule has 0 saturated heterocycles. The van der Waals surface area contributed by atoms with Crippen LogP contribution < -0.4 is 0 Å². The Balaban J connectivity index is 2.31. The van der Waals surface area contributed by atoms with Crippen LogP contribution in [0.2, 0.25) is 0 Å². The first-order valence-electron chi connectivity index (χ1n) is 5.24. The minimum atomic E-state index is 0.619. The van der Waals surface area contributed by atoms with Crippen LogP contribution in [0.5, 0.6) is 0 Å². The highest BCUT2D eigenvalue weighted by atomic mass is 32.1. The monoisotopic (exact) mass is 242 g/mol. The number of hydrogen-bond acceptors (Lipinski definition) is 3. The molecule has 0 amide bonds. The Morgan fingerprint density at radius 1 is 1.35 bits per heavy atom. The Hall–Kier alpha value is -1.94. The number of nitrogens with zero attached hydrogens (tertiary/aromatic N) is 2. The van der Waals surface area contributed by atoms with Crippen LogP contribution in [0.3, 0.4) is 0 Å². The van der Waals surface area contributed by atoms with Gasteiger partial charge in [-0.1, -0.05) is 18.2 Å². The standard InChI is InChI=1S/C13H10N2OS/c1-15-8-14-13(11(15)6-16)10-7-17-12-5-3-2-4-9(10)12/h2-8H,1H3. The normalized spacial score (nSPS) is 10.9. The van der Waals surface area contributed by atoms with E-state index in [1.807, 2.05) is 19.2 Å². The number of thiophene rings is 1. The molecule has 0 aliphatic carbocycles. The molecule has 3 nitrogen and oxygen atoms in total. The topological polar surface area (TPSA) is 34.9 Å². The number of rotatable bonds is 2. The van der Waals surface area contributed by atoms with Crippen LogP contribution in [0.15, 0.2) is 36.0 Å². The van der Waals surface area contributed by atoms with Gasteiger partial charge in [0.05, 0.1) is 6.33 Å². The lowest BCUT2D eigenvalue weighted by molar-refractivity contribution is 0.111. The quantitative estimate of drug-likeness (QED) is 0.647. The highest BCUT2D eigenvalue weighted by Gasteiger charge is 2.13. The van der Waals surface area contributed by atoms with Gasteiger partial charge in [0.1, 0.15) is 11.4 Å². The maximum Gasteiger partial charge on any atom is 0.168 e. The number of aldehydes is 1. The molecule has 0 aliphatic rings. The van der Waals surface area contributed by atoms with E-state index in [1.54, 1.807) is 22.2 Å². The van der Waals surface area contributed by atoms with Gasteiger partial charge < -0.3 is 4.57 Å². The Kier molecular flexibility index (Phi) is 2.30. The Morgan fingerprint density at radius 3 is 3.00 bits per heavy atom. The Labute approximate surface area is 102 Å². The van der Waals surface area contributed by atoms with Gasteiger partial charge in [0.15, 0.2) is 6.29 Å². The third-order valence-corrected chi connectivity index (χ3v) is 3.79. The number of hydrogen-bond donors (Lipinski definition) is 0. The van der Waals surface area contributed by atoms with Gasteiger partial charge in [-0.25, -0.2) is 4.98 Å². The van der Waals surface area contributed by atoms with Gasteiger partial charge in [0.2, 0.25) is 0 Å². The summed E-state index contributed by atoms with van der Waals surface area (Å²) in [4.78, 5) is 15.4. The largest absolute Gasteiger partial charge is 0.331 e. The summed E-state index contributed by atoms with van der Waals surface area (Å²) in [6, 6.07) is 8.15. The van der Waals surface area contributed by atoms with E-state index in [9.17, 15) is 4.79 Å². The van der Waals surface area contributed by atoms with Crippen molar-refractivity contribution in [2.45, 2.75) is 0 Å². The molecule has 0 aliphatic heterocycles. The molecule has 3 rings (SSSR count). The molecular weight excluding hydrogens is 232 g/mol. The number of fused-ring (bicyclic) bond motifs is 1. The average molecular weight is 242 g/mol. The lowest BCUT2D eigenvalue weighted by Crippen LogP contribution is -1.93. The van der Waals surface area contributed by atoms with Gasteiger partial charge in [-0.2, -0.15) is 0 Å². The SMILES string of the molecule is Cn1cnc(-c2csc3ccccc23)c1C=O. The van der Waals surface area contributed by atoms with Crippen molar-refractivity contribution in [1.29, 1.82) is 0 Å². The zero-order valence-electron chi connectivity index (χ0n) is 9.25. The maximum atomic E-state index is 11.1. The fourth-order valence-electron chi connectivity index (χ4n) is 1.95. The summed E-state index contributed by atoms with van der Waals surface area (Å²) in [5.41, 5.74) is 2.42. The number of benzene rings is 1. The number of carbonyl (C=O) groups is 1. The van der Waals surface area contributed by atoms with Crippen LogP contribution in [0.25, 0.3) is 21.3 Å². The van der Waals surface area contributed by atoms with Gasteiger partial charge in [0.25, 0.3) is 0 Å². The molecule has 1 aromatic carbocycles. The summed E-state index contributed by atoms with van der Waals surface area (Å²) in [6.45, 7) is 0. The minimum absolute atomic E-state index is 0.619. The second kappa shape index (κ2) is 3.82. The van der Waals surface area contributed by atoms with E-state index in [-0.39, 0.29) is 0 Å². The van der Waals surface area contributed by atoms with Crippen molar-refractivity contribution in [3.8, 4) is 11.3 Å². The molecule has 0 unspecified atom stereocenters. The summed E-state index contributed by atoms with van der Waals surface area (Å²) >= 11 is 1.67. The van der Waals surface area contributed by atoms with Gasteiger partial charge in [-0.05, 0) is 6.07 Å².